The Kier molecular flexibility index (Phi) is 5.79. The van der Waals surface area contributed by atoms with Crippen molar-refractivity contribution in [2.24, 2.45) is 0 Å². The van der Waals surface area contributed by atoms with E-state index in [4.69, 9.17) is 0 Å². The molecular weight excluding hydrogens is 365 g/mol. The highest BCUT2D eigenvalue weighted by molar-refractivity contribution is 9.09. The van der Waals surface area contributed by atoms with Crippen molar-refractivity contribution >= 4 is 37.8 Å². The van der Waals surface area contributed by atoms with Crippen LogP contribution < -0.4 is 5.32 Å². The molecule has 1 amide bonds. The van der Waals surface area contributed by atoms with Crippen LogP contribution in [0.2, 0.25) is 0 Å². The summed E-state index contributed by atoms with van der Waals surface area (Å²) >= 11 is 6.78. The van der Waals surface area contributed by atoms with Crippen LogP contribution in [-0.2, 0) is 0 Å². The van der Waals surface area contributed by atoms with Gasteiger partial charge in [-0.15, -0.1) is 0 Å². The Morgan fingerprint density at radius 3 is 2.50 bits per heavy atom. The molecule has 0 unspecified atom stereocenters. The predicted octanol–water partition coefficient (Wildman–Crippen LogP) is 3.80. The third-order valence-electron chi connectivity index (χ3n) is 3.00. The van der Waals surface area contributed by atoms with Crippen molar-refractivity contribution < 1.29 is 9.18 Å². The van der Waals surface area contributed by atoms with Crippen molar-refractivity contribution in [1.29, 1.82) is 0 Å². The molecule has 0 aliphatic carbocycles. The van der Waals surface area contributed by atoms with Gasteiger partial charge < -0.3 is 5.32 Å². The van der Waals surface area contributed by atoms with Gasteiger partial charge in [0.05, 0.1) is 11.1 Å². The normalized spacial score (nSPS) is 11.4. The third kappa shape index (κ3) is 3.32. The lowest BCUT2D eigenvalue weighted by atomic mass is 10.0. The van der Waals surface area contributed by atoms with Gasteiger partial charge in [0.2, 0.25) is 0 Å². The summed E-state index contributed by atoms with van der Waals surface area (Å²) < 4.78 is 13.9. The number of carbonyl (C=O) groups excluding carboxylic acids is 1. The predicted molar refractivity (Wildman–Crippen MR) is 79.2 cm³/mol. The van der Waals surface area contributed by atoms with Crippen molar-refractivity contribution in [3.05, 3.63) is 35.1 Å². The van der Waals surface area contributed by atoms with Gasteiger partial charge in [-0.2, -0.15) is 0 Å². The van der Waals surface area contributed by atoms with E-state index in [1.807, 2.05) is 6.92 Å². The maximum atomic E-state index is 13.9. The van der Waals surface area contributed by atoms with Crippen LogP contribution in [-0.4, -0.2) is 22.1 Å². The van der Waals surface area contributed by atoms with Crippen LogP contribution >= 0.6 is 31.9 Å². The van der Waals surface area contributed by atoms with Crippen molar-refractivity contribution in [3.8, 4) is 0 Å². The first-order chi connectivity index (χ1) is 8.49. The van der Waals surface area contributed by atoms with Crippen LogP contribution in [0.15, 0.2) is 18.2 Å². The Hall–Kier alpha value is -0.420. The molecule has 2 nitrogen and oxygen atoms in total. The molecule has 0 bridgehead atoms. The van der Waals surface area contributed by atoms with Gasteiger partial charge in [0.25, 0.3) is 5.91 Å². The van der Waals surface area contributed by atoms with Gasteiger partial charge in [0.1, 0.15) is 5.82 Å². The Morgan fingerprint density at radius 2 is 2.00 bits per heavy atom. The molecule has 0 atom stereocenters. The van der Waals surface area contributed by atoms with E-state index in [0.717, 1.165) is 6.42 Å². The first-order valence-electron chi connectivity index (χ1n) is 5.69. The largest absolute Gasteiger partial charge is 0.345 e. The monoisotopic (exact) mass is 379 g/mol. The fraction of sp³-hybridized carbons (Fsp3) is 0.462. The molecule has 0 saturated heterocycles. The molecule has 1 aromatic rings. The zero-order chi connectivity index (χ0) is 13.8. The van der Waals surface area contributed by atoms with Gasteiger partial charge in [-0.05, 0) is 25.0 Å². The van der Waals surface area contributed by atoms with Gasteiger partial charge >= 0.3 is 0 Å². The van der Waals surface area contributed by atoms with Crippen molar-refractivity contribution in [3.63, 3.8) is 0 Å². The maximum absolute atomic E-state index is 13.9. The summed E-state index contributed by atoms with van der Waals surface area (Å²) in [5.41, 5.74) is 0.171. The lowest BCUT2D eigenvalue weighted by Gasteiger charge is -2.30. The van der Waals surface area contributed by atoms with Crippen molar-refractivity contribution in [2.75, 3.05) is 10.7 Å². The molecule has 0 aromatic heterocycles. The highest BCUT2D eigenvalue weighted by Crippen LogP contribution is 2.19. The van der Waals surface area contributed by atoms with Gasteiger partial charge in [-0.3, -0.25) is 4.79 Å². The van der Waals surface area contributed by atoms with Crippen LogP contribution in [0.5, 0.6) is 0 Å². The number of hydrogen-bond acceptors (Lipinski definition) is 1. The van der Waals surface area contributed by atoms with Gasteiger partial charge in [-0.25, -0.2) is 4.39 Å². The Bertz CT molecular complexity index is 425. The summed E-state index contributed by atoms with van der Waals surface area (Å²) in [5, 5.41) is 4.12. The summed E-state index contributed by atoms with van der Waals surface area (Å²) in [5.74, 6) is -0.832. The summed E-state index contributed by atoms with van der Waals surface area (Å²) in [4.78, 5) is 12.1. The quantitative estimate of drug-likeness (QED) is 0.773. The minimum atomic E-state index is -0.454. The van der Waals surface area contributed by atoms with E-state index in [-0.39, 0.29) is 11.5 Å². The summed E-state index contributed by atoms with van der Waals surface area (Å²) in [6, 6.07) is 4.83. The molecule has 18 heavy (non-hydrogen) atoms. The highest BCUT2D eigenvalue weighted by atomic mass is 79.9. The van der Waals surface area contributed by atoms with E-state index in [1.54, 1.807) is 19.1 Å². The first-order valence-corrected chi connectivity index (χ1v) is 7.93. The van der Waals surface area contributed by atoms with Gasteiger partial charge in [0, 0.05) is 10.7 Å². The number of benzene rings is 1. The number of rotatable bonds is 5. The number of hydrogen-bond donors (Lipinski definition) is 1. The fourth-order valence-electron chi connectivity index (χ4n) is 1.51. The smallest absolute Gasteiger partial charge is 0.254 e. The van der Waals surface area contributed by atoms with E-state index >= 15 is 0 Å². The van der Waals surface area contributed by atoms with Crippen molar-refractivity contribution in [1.82, 2.24) is 5.32 Å². The van der Waals surface area contributed by atoms with E-state index in [9.17, 15) is 9.18 Å². The van der Waals surface area contributed by atoms with Crippen LogP contribution in [0.1, 0.15) is 29.3 Å². The zero-order valence-corrected chi connectivity index (χ0v) is 13.6. The standard InChI is InChI=1S/C13H16Br2FNO/c1-3-13(7-14,8-15)17-12(18)10-6-4-5-9(2)11(10)16/h4-6H,3,7-8H2,1-2H3,(H,17,18). The molecule has 0 spiro atoms. The second kappa shape index (κ2) is 6.66. The number of carbonyl (C=O) groups is 1. The summed E-state index contributed by atoms with van der Waals surface area (Å²) in [7, 11) is 0. The molecule has 0 aliphatic rings. The molecular formula is C13H16Br2FNO. The van der Waals surface area contributed by atoms with Crippen molar-refractivity contribution in [2.45, 2.75) is 25.8 Å². The van der Waals surface area contributed by atoms with Crippen LogP contribution in [0, 0.1) is 12.7 Å². The average Bonchev–Trinajstić information content (AvgIpc) is 2.39. The minimum Gasteiger partial charge on any atom is -0.345 e. The van der Waals surface area contributed by atoms with Crippen LogP contribution in [0.25, 0.3) is 0 Å². The molecule has 1 aromatic carbocycles. The molecule has 0 heterocycles. The molecule has 0 radical (unpaired) electrons. The van der Waals surface area contributed by atoms with Gasteiger partial charge in [0.15, 0.2) is 0 Å². The fourth-order valence-corrected chi connectivity index (χ4v) is 3.51. The number of halogens is 3. The SMILES string of the molecule is CCC(CBr)(CBr)NC(=O)c1cccc(C)c1F. The third-order valence-corrected chi connectivity index (χ3v) is 5.15. The van der Waals surface area contributed by atoms with E-state index in [0.29, 0.717) is 16.2 Å². The Balaban J connectivity index is 2.98. The second-order valence-electron chi connectivity index (χ2n) is 4.29. The van der Waals surface area contributed by atoms with E-state index < -0.39 is 11.4 Å². The molecule has 1 N–H and O–H groups in total. The lowest BCUT2D eigenvalue weighted by Crippen LogP contribution is -2.51. The summed E-state index contributed by atoms with van der Waals surface area (Å²) in [6.07, 6.45) is 0.753. The lowest BCUT2D eigenvalue weighted by molar-refractivity contribution is 0.0911. The van der Waals surface area contributed by atoms with Crippen LogP contribution in [0.4, 0.5) is 4.39 Å². The van der Waals surface area contributed by atoms with Crippen LogP contribution in [0.3, 0.4) is 0 Å². The number of amides is 1. The first kappa shape index (κ1) is 15.6. The number of aryl methyl sites for hydroxylation is 1. The molecule has 0 fully saturated rings. The Labute approximate surface area is 124 Å². The molecule has 5 heteroatoms. The number of alkyl halides is 2. The molecule has 100 valence electrons. The minimum absolute atomic E-state index is 0.0923. The van der Waals surface area contributed by atoms with Gasteiger partial charge in [-0.1, -0.05) is 50.9 Å². The molecule has 0 aliphatic heterocycles. The van der Waals surface area contributed by atoms with E-state index in [1.165, 1.54) is 6.07 Å². The Morgan fingerprint density at radius 1 is 1.39 bits per heavy atom. The number of nitrogens with one attached hydrogen (secondary N) is 1. The zero-order valence-electron chi connectivity index (χ0n) is 10.4. The maximum Gasteiger partial charge on any atom is 0.254 e. The summed E-state index contributed by atoms with van der Waals surface area (Å²) in [6.45, 7) is 3.63. The van der Waals surface area contributed by atoms with E-state index in [2.05, 4.69) is 37.2 Å². The average molecular weight is 381 g/mol. The second-order valence-corrected chi connectivity index (χ2v) is 5.41. The highest BCUT2D eigenvalue weighted by Gasteiger charge is 2.29. The molecule has 1 rings (SSSR count). The topological polar surface area (TPSA) is 29.1 Å². The molecule has 0 saturated carbocycles.